The van der Waals surface area contributed by atoms with Gasteiger partial charge in [-0.3, -0.25) is 0 Å². The summed E-state index contributed by atoms with van der Waals surface area (Å²) >= 11 is 1.63. The summed E-state index contributed by atoms with van der Waals surface area (Å²) in [6.45, 7) is 4.84. The lowest BCUT2D eigenvalue weighted by atomic mass is 10.0. The molecule has 0 unspecified atom stereocenters. The van der Waals surface area contributed by atoms with Gasteiger partial charge in [0.25, 0.3) is 0 Å². The molecule has 9 heteroatoms. The van der Waals surface area contributed by atoms with Crippen LogP contribution in [0.1, 0.15) is 24.1 Å². The van der Waals surface area contributed by atoms with Crippen LogP contribution >= 0.6 is 11.3 Å². The van der Waals surface area contributed by atoms with Crippen LogP contribution in [-0.2, 0) is 6.42 Å². The molecule has 198 valence electrons. The van der Waals surface area contributed by atoms with Crippen LogP contribution in [0.25, 0.3) is 22.0 Å². The fourth-order valence-corrected chi connectivity index (χ4v) is 5.51. The van der Waals surface area contributed by atoms with Crippen molar-refractivity contribution in [2.24, 2.45) is 0 Å². The molecule has 6 rings (SSSR count). The lowest BCUT2D eigenvalue weighted by molar-refractivity contribution is 0.466. The highest BCUT2D eigenvalue weighted by atomic mass is 32.1. The number of aromatic nitrogens is 4. The van der Waals surface area contributed by atoms with Crippen LogP contribution in [-0.4, -0.2) is 45.6 Å². The Hall–Kier alpha value is -4.08. The Morgan fingerprint density at radius 1 is 1.03 bits per heavy atom. The van der Waals surface area contributed by atoms with Crippen LogP contribution in [0.2, 0.25) is 0 Å². The molecule has 39 heavy (non-hydrogen) atoms. The second-order valence-electron chi connectivity index (χ2n) is 9.68. The van der Waals surface area contributed by atoms with Gasteiger partial charge in [-0.25, -0.2) is 19.9 Å². The molecule has 1 saturated heterocycles. The van der Waals surface area contributed by atoms with Crippen LogP contribution in [0.5, 0.6) is 11.6 Å². The van der Waals surface area contributed by atoms with Gasteiger partial charge in [-0.05, 0) is 56.1 Å². The van der Waals surface area contributed by atoms with Crippen molar-refractivity contribution in [3.8, 4) is 22.9 Å². The topological polar surface area (TPSA) is 96.9 Å². The Bertz CT molecular complexity index is 1550. The fourth-order valence-electron chi connectivity index (χ4n) is 4.91. The van der Waals surface area contributed by atoms with E-state index < -0.39 is 0 Å². The molecule has 8 nitrogen and oxygen atoms in total. The third kappa shape index (κ3) is 5.84. The monoisotopic (exact) mass is 537 g/mol. The van der Waals surface area contributed by atoms with Crippen LogP contribution in [0.3, 0.4) is 0 Å². The predicted octanol–water partition coefficient (Wildman–Crippen LogP) is 6.07. The largest absolute Gasteiger partial charge is 0.437 e. The maximum absolute atomic E-state index is 6.58. The SMILES string of the molecule is Cc1ccc2c(NCCc3cscn3)cccc2c1Oc1ncccc1-c1ccnc(N[C@H]2CCCNC2)n1. The summed E-state index contributed by atoms with van der Waals surface area (Å²) in [6, 6.07) is 16.6. The van der Waals surface area contributed by atoms with E-state index in [2.05, 4.69) is 73.5 Å². The summed E-state index contributed by atoms with van der Waals surface area (Å²) in [7, 11) is 0. The molecule has 0 amide bonds. The normalized spacial score (nSPS) is 15.3. The number of aryl methyl sites for hydroxylation is 1. The van der Waals surface area contributed by atoms with E-state index in [1.807, 2.05) is 23.7 Å². The second-order valence-corrected chi connectivity index (χ2v) is 10.4. The molecular formula is C30H31N7OS. The minimum absolute atomic E-state index is 0.321. The van der Waals surface area contributed by atoms with E-state index in [0.717, 1.165) is 83.6 Å². The van der Waals surface area contributed by atoms with Gasteiger partial charge < -0.3 is 20.7 Å². The Kier molecular flexibility index (Phi) is 7.60. The second kappa shape index (κ2) is 11.8. The molecule has 1 fully saturated rings. The van der Waals surface area contributed by atoms with Crippen LogP contribution in [0.4, 0.5) is 11.6 Å². The third-order valence-corrected chi connectivity index (χ3v) is 7.56. The minimum atomic E-state index is 0.321. The van der Waals surface area contributed by atoms with E-state index in [-0.39, 0.29) is 0 Å². The molecule has 2 aromatic carbocycles. The van der Waals surface area contributed by atoms with E-state index >= 15 is 0 Å². The minimum Gasteiger partial charge on any atom is -0.437 e. The molecule has 1 aliphatic heterocycles. The number of thiazole rings is 1. The molecule has 1 atom stereocenters. The van der Waals surface area contributed by atoms with Gasteiger partial charge in [0.05, 0.1) is 22.5 Å². The molecule has 0 spiro atoms. The summed E-state index contributed by atoms with van der Waals surface area (Å²) in [5.74, 6) is 1.92. The molecule has 0 saturated carbocycles. The highest BCUT2D eigenvalue weighted by Crippen LogP contribution is 2.38. The first-order chi connectivity index (χ1) is 19.2. The summed E-state index contributed by atoms with van der Waals surface area (Å²) < 4.78 is 6.58. The molecular weight excluding hydrogens is 506 g/mol. The van der Waals surface area contributed by atoms with Gasteiger partial charge in [-0.15, -0.1) is 11.3 Å². The van der Waals surface area contributed by atoms with Crippen LogP contribution in [0.15, 0.2) is 71.8 Å². The number of rotatable bonds is 9. The Balaban J connectivity index is 1.27. The van der Waals surface area contributed by atoms with Crippen molar-refractivity contribution in [2.45, 2.75) is 32.2 Å². The van der Waals surface area contributed by atoms with E-state index in [4.69, 9.17) is 9.72 Å². The molecule has 1 aliphatic rings. The Morgan fingerprint density at radius 2 is 2.00 bits per heavy atom. The highest BCUT2D eigenvalue weighted by Gasteiger charge is 2.17. The first-order valence-electron chi connectivity index (χ1n) is 13.3. The number of pyridine rings is 1. The summed E-state index contributed by atoms with van der Waals surface area (Å²) in [6.07, 6.45) is 6.65. The molecule has 3 aromatic heterocycles. The molecule has 5 aromatic rings. The van der Waals surface area contributed by atoms with Crippen molar-refractivity contribution < 1.29 is 4.74 Å². The van der Waals surface area contributed by atoms with Crippen molar-refractivity contribution in [1.82, 2.24) is 25.3 Å². The fraction of sp³-hybridized carbons (Fsp3) is 0.267. The number of ether oxygens (including phenoxy) is 1. The smallest absolute Gasteiger partial charge is 0.228 e. The van der Waals surface area contributed by atoms with Gasteiger partial charge in [0, 0.05) is 59.8 Å². The van der Waals surface area contributed by atoms with E-state index in [0.29, 0.717) is 17.9 Å². The van der Waals surface area contributed by atoms with Gasteiger partial charge in [-0.2, -0.15) is 0 Å². The molecule has 0 radical (unpaired) electrons. The number of nitrogens with zero attached hydrogens (tertiary/aromatic N) is 4. The number of fused-ring (bicyclic) bond motifs is 1. The van der Waals surface area contributed by atoms with Gasteiger partial charge in [0.2, 0.25) is 11.8 Å². The standard InChI is InChI=1S/C30H31N7OS/c1-20-9-10-23-24(6-2-8-26(23)32-15-11-22-18-39-19-35-22)28(20)38-29-25(7-4-14-33-29)27-12-16-34-30(37-27)36-21-5-3-13-31-17-21/h2,4,6-10,12,14,16,18-19,21,31-32H,3,5,11,13,15,17H2,1H3,(H,34,36,37)/t21-/m0/s1. The van der Waals surface area contributed by atoms with Crippen LogP contribution in [0, 0.1) is 6.92 Å². The summed E-state index contributed by atoms with van der Waals surface area (Å²) in [4.78, 5) is 18.3. The van der Waals surface area contributed by atoms with Crippen molar-refractivity contribution in [1.29, 1.82) is 0 Å². The predicted molar refractivity (Wildman–Crippen MR) is 158 cm³/mol. The zero-order valence-electron chi connectivity index (χ0n) is 21.9. The number of anilines is 2. The number of nitrogens with one attached hydrogen (secondary N) is 3. The van der Waals surface area contributed by atoms with Crippen molar-refractivity contribution >= 4 is 33.7 Å². The lowest BCUT2D eigenvalue weighted by Gasteiger charge is -2.23. The quantitative estimate of drug-likeness (QED) is 0.209. The molecule has 3 N–H and O–H groups in total. The zero-order chi connectivity index (χ0) is 26.4. The first kappa shape index (κ1) is 25.2. The zero-order valence-corrected chi connectivity index (χ0v) is 22.7. The highest BCUT2D eigenvalue weighted by molar-refractivity contribution is 7.07. The van der Waals surface area contributed by atoms with E-state index in [9.17, 15) is 0 Å². The maximum Gasteiger partial charge on any atom is 0.228 e. The number of hydrogen-bond donors (Lipinski definition) is 3. The molecule has 4 heterocycles. The number of benzene rings is 2. The third-order valence-electron chi connectivity index (χ3n) is 6.92. The van der Waals surface area contributed by atoms with Crippen molar-refractivity contribution in [2.75, 3.05) is 30.3 Å². The molecule has 0 aliphatic carbocycles. The maximum atomic E-state index is 6.58. The van der Waals surface area contributed by atoms with Crippen LogP contribution < -0.4 is 20.7 Å². The van der Waals surface area contributed by atoms with Gasteiger partial charge in [0.15, 0.2) is 0 Å². The van der Waals surface area contributed by atoms with E-state index in [1.165, 1.54) is 0 Å². The Morgan fingerprint density at radius 3 is 2.87 bits per heavy atom. The first-order valence-corrected chi connectivity index (χ1v) is 14.3. The van der Waals surface area contributed by atoms with Gasteiger partial charge in [0.1, 0.15) is 5.75 Å². The van der Waals surface area contributed by atoms with Gasteiger partial charge >= 0.3 is 0 Å². The number of piperidine rings is 1. The molecule has 0 bridgehead atoms. The van der Waals surface area contributed by atoms with Crippen molar-refractivity contribution in [3.05, 3.63) is 83.1 Å². The van der Waals surface area contributed by atoms with Gasteiger partial charge in [-0.1, -0.05) is 24.3 Å². The van der Waals surface area contributed by atoms with Crippen molar-refractivity contribution in [3.63, 3.8) is 0 Å². The lowest BCUT2D eigenvalue weighted by Crippen LogP contribution is -2.38. The number of hydrogen-bond acceptors (Lipinski definition) is 9. The summed E-state index contributed by atoms with van der Waals surface area (Å²) in [5, 5.41) is 14.7. The Labute approximate surface area is 231 Å². The van der Waals surface area contributed by atoms with E-state index in [1.54, 1.807) is 23.7 Å². The summed E-state index contributed by atoms with van der Waals surface area (Å²) in [5.41, 5.74) is 6.67. The average molecular weight is 538 g/mol. The average Bonchev–Trinajstić information content (AvgIpc) is 3.49.